The van der Waals surface area contributed by atoms with E-state index in [9.17, 15) is 24.3 Å². The number of aliphatic carboxylic acids is 1. The number of fused-ring (bicyclic) bond motifs is 3. The molecule has 39 heavy (non-hydrogen) atoms. The highest BCUT2D eigenvalue weighted by Crippen LogP contribution is 2.44. The van der Waals surface area contributed by atoms with Gasteiger partial charge in [0.25, 0.3) is 0 Å². The third-order valence-corrected chi connectivity index (χ3v) is 6.17. The van der Waals surface area contributed by atoms with Crippen LogP contribution in [-0.2, 0) is 19.1 Å². The molecule has 10 heteroatoms. The van der Waals surface area contributed by atoms with Gasteiger partial charge in [-0.05, 0) is 62.3 Å². The molecule has 1 aliphatic rings. The second-order valence-electron chi connectivity index (χ2n) is 10.4. The number of nitrogens with one attached hydrogen (secondary N) is 3. The van der Waals surface area contributed by atoms with Gasteiger partial charge in [-0.1, -0.05) is 48.5 Å². The van der Waals surface area contributed by atoms with Crippen molar-refractivity contribution in [2.24, 2.45) is 0 Å². The standard InChI is InChI=1S/C29H37N3O7/c1-29(2,3)39-27(36)31-16-10-4-9-15-30-25(33)17-24(26(34)35)32-28(37)38-18-23-21-13-7-5-11-19(21)20-12-6-8-14-22(20)23/h5-8,11-14,23-24H,4,9-10,15-18H2,1-3H3,(H,30,33)(H,31,36)(H,32,37)(H,34,35)/t24-/m0/s1. The van der Waals surface area contributed by atoms with Crippen LogP contribution in [0.3, 0.4) is 0 Å². The Kier molecular flexibility index (Phi) is 10.3. The van der Waals surface area contributed by atoms with Crippen molar-refractivity contribution in [3.63, 3.8) is 0 Å². The highest BCUT2D eigenvalue weighted by atomic mass is 16.6. The maximum absolute atomic E-state index is 12.4. The van der Waals surface area contributed by atoms with Gasteiger partial charge < -0.3 is 30.5 Å². The van der Waals surface area contributed by atoms with E-state index >= 15 is 0 Å². The number of alkyl carbamates (subject to hydrolysis) is 2. The SMILES string of the molecule is CC(C)(C)OC(=O)NCCCCCNC(=O)C[C@H](NC(=O)OCC1c2ccccc2-c2ccccc21)C(=O)O. The fraction of sp³-hybridized carbons (Fsp3) is 0.448. The van der Waals surface area contributed by atoms with E-state index in [0.717, 1.165) is 28.7 Å². The molecule has 0 radical (unpaired) electrons. The topological polar surface area (TPSA) is 143 Å². The lowest BCUT2D eigenvalue weighted by atomic mass is 9.98. The molecule has 3 rings (SSSR count). The van der Waals surface area contributed by atoms with Crippen molar-refractivity contribution in [2.45, 2.75) is 64.0 Å². The van der Waals surface area contributed by atoms with E-state index in [2.05, 4.69) is 16.0 Å². The van der Waals surface area contributed by atoms with Gasteiger partial charge in [0.05, 0.1) is 6.42 Å². The zero-order valence-electron chi connectivity index (χ0n) is 22.6. The minimum atomic E-state index is -1.42. The molecular weight excluding hydrogens is 502 g/mol. The molecule has 3 amide bonds. The molecule has 0 spiro atoms. The van der Waals surface area contributed by atoms with E-state index in [4.69, 9.17) is 9.47 Å². The molecule has 0 unspecified atom stereocenters. The predicted molar refractivity (Wildman–Crippen MR) is 145 cm³/mol. The average Bonchev–Trinajstić information content (AvgIpc) is 3.19. The molecule has 1 aliphatic carbocycles. The third-order valence-electron chi connectivity index (χ3n) is 6.17. The number of rotatable bonds is 12. The van der Waals surface area contributed by atoms with Gasteiger partial charge in [-0.2, -0.15) is 0 Å². The summed E-state index contributed by atoms with van der Waals surface area (Å²) in [5.41, 5.74) is 3.70. The van der Waals surface area contributed by atoms with Crippen molar-refractivity contribution in [3.05, 3.63) is 59.7 Å². The van der Waals surface area contributed by atoms with Crippen LogP contribution in [0.2, 0.25) is 0 Å². The smallest absolute Gasteiger partial charge is 0.407 e. The third kappa shape index (κ3) is 9.01. The number of unbranched alkanes of at least 4 members (excludes halogenated alkanes) is 2. The Morgan fingerprint density at radius 1 is 0.846 bits per heavy atom. The molecule has 0 saturated carbocycles. The van der Waals surface area contributed by atoms with Gasteiger partial charge in [0.1, 0.15) is 18.2 Å². The number of ether oxygens (including phenoxy) is 2. The van der Waals surface area contributed by atoms with Crippen molar-refractivity contribution in [1.29, 1.82) is 0 Å². The Hall–Kier alpha value is -4.08. The van der Waals surface area contributed by atoms with Crippen LogP contribution in [-0.4, -0.2) is 60.5 Å². The maximum atomic E-state index is 12.4. The molecule has 2 aromatic carbocycles. The summed E-state index contributed by atoms with van der Waals surface area (Å²) in [5.74, 6) is -1.98. The molecule has 0 aromatic heterocycles. The summed E-state index contributed by atoms with van der Waals surface area (Å²) >= 11 is 0. The first-order valence-corrected chi connectivity index (χ1v) is 13.1. The lowest BCUT2D eigenvalue weighted by Gasteiger charge is -2.19. The summed E-state index contributed by atoms with van der Waals surface area (Å²) in [5, 5.41) is 17.1. The van der Waals surface area contributed by atoms with Crippen molar-refractivity contribution in [1.82, 2.24) is 16.0 Å². The Bertz CT molecular complexity index is 1130. The molecule has 0 saturated heterocycles. The van der Waals surface area contributed by atoms with E-state index < -0.39 is 42.1 Å². The Morgan fingerprint density at radius 2 is 1.41 bits per heavy atom. The number of amides is 3. The van der Waals surface area contributed by atoms with Gasteiger partial charge in [-0.25, -0.2) is 14.4 Å². The summed E-state index contributed by atoms with van der Waals surface area (Å²) in [6.45, 7) is 6.21. The fourth-order valence-electron chi connectivity index (χ4n) is 4.40. The van der Waals surface area contributed by atoms with Gasteiger partial charge >= 0.3 is 18.2 Å². The van der Waals surface area contributed by atoms with Gasteiger partial charge in [-0.15, -0.1) is 0 Å². The van der Waals surface area contributed by atoms with Gasteiger partial charge in [0.15, 0.2) is 0 Å². The summed E-state index contributed by atoms with van der Waals surface area (Å²) in [7, 11) is 0. The zero-order valence-corrected chi connectivity index (χ0v) is 22.6. The number of carbonyl (C=O) groups excluding carboxylic acids is 3. The van der Waals surface area contributed by atoms with Crippen LogP contribution in [0.1, 0.15) is 63.5 Å². The van der Waals surface area contributed by atoms with Crippen molar-refractivity contribution < 1.29 is 33.8 Å². The van der Waals surface area contributed by atoms with E-state index in [1.807, 2.05) is 48.5 Å². The molecular formula is C29H37N3O7. The summed E-state index contributed by atoms with van der Waals surface area (Å²) in [6, 6.07) is 14.4. The van der Waals surface area contributed by atoms with Gasteiger partial charge in [0, 0.05) is 19.0 Å². The number of carbonyl (C=O) groups is 4. The van der Waals surface area contributed by atoms with E-state index in [-0.39, 0.29) is 12.5 Å². The van der Waals surface area contributed by atoms with Crippen LogP contribution >= 0.6 is 0 Å². The van der Waals surface area contributed by atoms with Gasteiger partial charge in [-0.3, -0.25) is 4.79 Å². The zero-order chi connectivity index (χ0) is 28.4. The highest BCUT2D eigenvalue weighted by molar-refractivity contribution is 5.87. The Balaban J connectivity index is 1.37. The molecule has 0 bridgehead atoms. The monoisotopic (exact) mass is 539 g/mol. The van der Waals surface area contributed by atoms with Crippen LogP contribution in [0.15, 0.2) is 48.5 Å². The fourth-order valence-corrected chi connectivity index (χ4v) is 4.40. The normalized spacial score (nSPS) is 13.0. The molecule has 0 fully saturated rings. The van der Waals surface area contributed by atoms with Crippen molar-refractivity contribution in [3.8, 4) is 11.1 Å². The highest BCUT2D eigenvalue weighted by Gasteiger charge is 2.30. The lowest BCUT2D eigenvalue weighted by molar-refractivity contribution is -0.141. The van der Waals surface area contributed by atoms with Crippen LogP contribution in [0.25, 0.3) is 11.1 Å². The van der Waals surface area contributed by atoms with Crippen molar-refractivity contribution in [2.75, 3.05) is 19.7 Å². The summed E-state index contributed by atoms with van der Waals surface area (Å²) in [4.78, 5) is 47.9. The number of carboxylic acids is 1. The Labute approximate surface area is 228 Å². The number of benzene rings is 2. The number of carboxylic acid groups (broad SMARTS) is 1. The van der Waals surface area contributed by atoms with Crippen LogP contribution in [0, 0.1) is 0 Å². The largest absolute Gasteiger partial charge is 0.480 e. The first kappa shape index (κ1) is 29.5. The number of hydrogen-bond donors (Lipinski definition) is 4. The van der Waals surface area contributed by atoms with Crippen LogP contribution < -0.4 is 16.0 Å². The van der Waals surface area contributed by atoms with E-state index in [1.54, 1.807) is 20.8 Å². The number of hydrogen-bond acceptors (Lipinski definition) is 6. The van der Waals surface area contributed by atoms with Crippen LogP contribution in [0.5, 0.6) is 0 Å². The molecule has 0 aliphatic heterocycles. The maximum Gasteiger partial charge on any atom is 0.407 e. The van der Waals surface area contributed by atoms with Crippen LogP contribution in [0.4, 0.5) is 9.59 Å². The molecule has 2 aromatic rings. The first-order chi connectivity index (χ1) is 18.5. The molecule has 210 valence electrons. The summed E-state index contributed by atoms with van der Waals surface area (Å²) < 4.78 is 10.6. The quantitative estimate of drug-likeness (QED) is 0.296. The summed E-state index contributed by atoms with van der Waals surface area (Å²) in [6.07, 6.45) is 0.319. The average molecular weight is 540 g/mol. The minimum absolute atomic E-state index is 0.0428. The molecule has 4 N–H and O–H groups in total. The van der Waals surface area contributed by atoms with E-state index in [0.29, 0.717) is 25.9 Å². The molecule has 1 atom stereocenters. The Morgan fingerprint density at radius 3 is 1.97 bits per heavy atom. The van der Waals surface area contributed by atoms with E-state index in [1.165, 1.54) is 0 Å². The second kappa shape index (κ2) is 13.6. The predicted octanol–water partition coefficient (Wildman–Crippen LogP) is 4.18. The second-order valence-corrected chi connectivity index (χ2v) is 10.4. The van der Waals surface area contributed by atoms with Gasteiger partial charge in [0.2, 0.25) is 5.91 Å². The molecule has 10 nitrogen and oxygen atoms in total. The lowest BCUT2D eigenvalue weighted by Crippen LogP contribution is -2.44. The molecule has 0 heterocycles. The van der Waals surface area contributed by atoms with Crippen molar-refractivity contribution >= 4 is 24.1 Å². The minimum Gasteiger partial charge on any atom is -0.480 e. The first-order valence-electron chi connectivity index (χ1n) is 13.1.